The summed E-state index contributed by atoms with van der Waals surface area (Å²) in [7, 11) is 0. The highest BCUT2D eigenvalue weighted by molar-refractivity contribution is 6.07. The van der Waals surface area contributed by atoms with E-state index in [4.69, 9.17) is 10.9 Å². The lowest BCUT2D eigenvalue weighted by Crippen LogP contribution is -2.58. The molecule has 0 aromatic heterocycles. The summed E-state index contributed by atoms with van der Waals surface area (Å²) in [6.45, 7) is 2.08. The number of rotatable bonds is 3. The number of nitrogens with two attached hydrogens (primary N) is 1. The van der Waals surface area contributed by atoms with E-state index in [1.165, 1.54) is 0 Å². The van der Waals surface area contributed by atoms with Crippen LogP contribution >= 0.6 is 0 Å². The zero-order valence-electron chi connectivity index (χ0n) is 10.3. The molecule has 2 saturated carbocycles. The normalized spacial score (nSPS) is 26.3. The van der Waals surface area contributed by atoms with Crippen molar-refractivity contribution in [1.82, 2.24) is 5.32 Å². The maximum atomic E-state index is 12.3. The molecule has 5 nitrogen and oxygen atoms in total. The largest absolute Gasteiger partial charge is 0.409 e. The summed E-state index contributed by atoms with van der Waals surface area (Å²) >= 11 is 0. The second-order valence-corrected chi connectivity index (χ2v) is 5.64. The lowest BCUT2D eigenvalue weighted by atomic mass is 9.67. The van der Waals surface area contributed by atoms with Crippen LogP contribution in [-0.2, 0) is 4.79 Å². The molecule has 0 aromatic rings. The lowest BCUT2D eigenvalue weighted by Gasteiger charge is -2.41. The summed E-state index contributed by atoms with van der Waals surface area (Å²) in [6, 6.07) is 0. The first kappa shape index (κ1) is 12.2. The van der Waals surface area contributed by atoms with Crippen molar-refractivity contribution >= 4 is 11.7 Å². The molecule has 2 aliphatic rings. The molecule has 0 radical (unpaired) electrons. The summed E-state index contributed by atoms with van der Waals surface area (Å²) < 4.78 is 0. The minimum Gasteiger partial charge on any atom is -0.409 e. The second-order valence-electron chi connectivity index (χ2n) is 5.64. The Bertz CT molecular complexity index is 342. The average Bonchev–Trinajstić information content (AvgIpc) is 2.62. The van der Waals surface area contributed by atoms with Crippen LogP contribution < -0.4 is 11.1 Å². The van der Waals surface area contributed by atoms with Crippen molar-refractivity contribution in [1.29, 1.82) is 0 Å². The van der Waals surface area contributed by atoms with E-state index in [9.17, 15) is 4.79 Å². The summed E-state index contributed by atoms with van der Waals surface area (Å²) in [4.78, 5) is 12.3. The van der Waals surface area contributed by atoms with Crippen LogP contribution in [0, 0.1) is 5.41 Å². The highest BCUT2D eigenvalue weighted by atomic mass is 16.4. The van der Waals surface area contributed by atoms with Crippen molar-refractivity contribution in [3.05, 3.63) is 0 Å². The summed E-state index contributed by atoms with van der Waals surface area (Å²) in [6.07, 6.45) is 6.69. The molecule has 17 heavy (non-hydrogen) atoms. The Kier molecular flexibility index (Phi) is 3.02. The SMILES string of the molecule is CC1(NC(=O)C2(C(N)=NO)CCC2)CCCC1. The first-order chi connectivity index (χ1) is 8.02. The zero-order valence-corrected chi connectivity index (χ0v) is 10.3. The monoisotopic (exact) mass is 239 g/mol. The standard InChI is InChI=1S/C12H21N3O2/c1-11(5-2-3-6-11)14-10(16)12(7-4-8-12)9(13)15-17/h17H,2-8H2,1H3,(H2,13,15)(H,14,16). The quantitative estimate of drug-likeness (QED) is 0.301. The Hall–Kier alpha value is -1.26. The van der Waals surface area contributed by atoms with E-state index in [0.717, 1.165) is 32.1 Å². The van der Waals surface area contributed by atoms with Crippen LogP contribution in [0.2, 0.25) is 0 Å². The molecule has 5 heteroatoms. The molecule has 0 spiro atoms. The van der Waals surface area contributed by atoms with Gasteiger partial charge < -0.3 is 16.3 Å². The molecule has 96 valence electrons. The van der Waals surface area contributed by atoms with E-state index in [2.05, 4.69) is 17.4 Å². The first-order valence-corrected chi connectivity index (χ1v) is 6.33. The van der Waals surface area contributed by atoms with E-state index in [1.807, 2.05) is 0 Å². The summed E-state index contributed by atoms with van der Waals surface area (Å²) in [5.41, 5.74) is 4.82. The Morgan fingerprint density at radius 2 is 1.82 bits per heavy atom. The van der Waals surface area contributed by atoms with Gasteiger partial charge in [0.1, 0.15) is 5.41 Å². The predicted molar refractivity (Wildman–Crippen MR) is 64.7 cm³/mol. The molecule has 2 rings (SSSR count). The van der Waals surface area contributed by atoms with E-state index >= 15 is 0 Å². The fraction of sp³-hybridized carbons (Fsp3) is 0.833. The molecule has 2 aliphatic carbocycles. The number of nitrogens with one attached hydrogen (secondary N) is 1. The van der Waals surface area contributed by atoms with Crippen molar-refractivity contribution in [3.63, 3.8) is 0 Å². The third-order valence-electron chi connectivity index (χ3n) is 4.36. The molecule has 0 atom stereocenters. The first-order valence-electron chi connectivity index (χ1n) is 6.33. The third-order valence-corrected chi connectivity index (χ3v) is 4.36. The number of hydrogen-bond acceptors (Lipinski definition) is 3. The zero-order chi connectivity index (χ0) is 12.5. The minimum absolute atomic E-state index is 0.0582. The molecule has 0 heterocycles. The Balaban J connectivity index is 2.08. The molecule has 0 unspecified atom stereocenters. The predicted octanol–water partition coefficient (Wildman–Crippen LogP) is 1.35. The van der Waals surface area contributed by atoms with E-state index in [-0.39, 0.29) is 17.3 Å². The van der Waals surface area contributed by atoms with Gasteiger partial charge in [0, 0.05) is 5.54 Å². The topological polar surface area (TPSA) is 87.7 Å². The van der Waals surface area contributed by atoms with E-state index < -0.39 is 5.41 Å². The van der Waals surface area contributed by atoms with Gasteiger partial charge in [0.05, 0.1) is 0 Å². The molecule has 0 saturated heterocycles. The fourth-order valence-electron chi connectivity index (χ4n) is 2.90. The van der Waals surface area contributed by atoms with E-state index in [1.54, 1.807) is 0 Å². The van der Waals surface area contributed by atoms with Crippen LogP contribution in [0.15, 0.2) is 5.16 Å². The number of hydrogen-bond donors (Lipinski definition) is 3. The molecular weight excluding hydrogens is 218 g/mol. The van der Waals surface area contributed by atoms with Crippen LogP contribution in [0.5, 0.6) is 0 Å². The fourth-order valence-corrected chi connectivity index (χ4v) is 2.90. The van der Waals surface area contributed by atoms with Crippen molar-refractivity contribution in [2.24, 2.45) is 16.3 Å². The van der Waals surface area contributed by atoms with Crippen LogP contribution in [0.1, 0.15) is 51.9 Å². The van der Waals surface area contributed by atoms with Gasteiger partial charge >= 0.3 is 0 Å². The van der Waals surface area contributed by atoms with Gasteiger partial charge in [-0.15, -0.1) is 0 Å². The average molecular weight is 239 g/mol. The van der Waals surface area contributed by atoms with Crippen LogP contribution in [0.25, 0.3) is 0 Å². The maximum absolute atomic E-state index is 12.3. The van der Waals surface area contributed by atoms with Crippen molar-refractivity contribution in [3.8, 4) is 0 Å². The van der Waals surface area contributed by atoms with Gasteiger partial charge in [0.15, 0.2) is 5.84 Å². The summed E-state index contributed by atoms with van der Waals surface area (Å²) in [5.74, 6) is -0.00806. The number of amidine groups is 1. The maximum Gasteiger partial charge on any atom is 0.234 e. The number of carbonyl (C=O) groups is 1. The summed E-state index contributed by atoms with van der Waals surface area (Å²) in [5, 5.41) is 14.9. The molecule has 0 aromatic carbocycles. The van der Waals surface area contributed by atoms with Crippen molar-refractivity contribution < 1.29 is 10.0 Å². The van der Waals surface area contributed by atoms with Gasteiger partial charge in [0.25, 0.3) is 0 Å². The number of nitrogens with zero attached hydrogens (tertiary/aromatic N) is 1. The molecule has 4 N–H and O–H groups in total. The van der Waals surface area contributed by atoms with Crippen LogP contribution in [0.3, 0.4) is 0 Å². The van der Waals surface area contributed by atoms with E-state index in [0.29, 0.717) is 12.8 Å². The van der Waals surface area contributed by atoms with Gasteiger partial charge in [-0.05, 0) is 32.6 Å². The van der Waals surface area contributed by atoms with Gasteiger partial charge in [-0.3, -0.25) is 4.79 Å². The second kappa shape index (κ2) is 4.20. The Labute approximate surface area is 101 Å². The molecule has 0 aliphatic heterocycles. The minimum atomic E-state index is -0.750. The molecule has 0 bridgehead atoms. The van der Waals surface area contributed by atoms with Crippen LogP contribution in [-0.4, -0.2) is 22.5 Å². The van der Waals surface area contributed by atoms with Gasteiger partial charge in [-0.1, -0.05) is 24.4 Å². The molecule has 1 amide bonds. The highest BCUT2D eigenvalue weighted by Crippen LogP contribution is 2.42. The highest BCUT2D eigenvalue weighted by Gasteiger charge is 2.50. The van der Waals surface area contributed by atoms with Gasteiger partial charge in [0.2, 0.25) is 5.91 Å². The van der Waals surface area contributed by atoms with Gasteiger partial charge in [-0.2, -0.15) is 0 Å². The van der Waals surface area contributed by atoms with Crippen molar-refractivity contribution in [2.45, 2.75) is 57.4 Å². The number of carbonyl (C=O) groups excluding carboxylic acids is 1. The Morgan fingerprint density at radius 1 is 1.24 bits per heavy atom. The molecular formula is C12H21N3O2. The van der Waals surface area contributed by atoms with Gasteiger partial charge in [-0.25, -0.2) is 0 Å². The smallest absolute Gasteiger partial charge is 0.234 e. The van der Waals surface area contributed by atoms with Crippen molar-refractivity contribution in [2.75, 3.05) is 0 Å². The number of amides is 1. The van der Waals surface area contributed by atoms with Crippen LogP contribution in [0.4, 0.5) is 0 Å². The lowest BCUT2D eigenvalue weighted by molar-refractivity contribution is -0.132. The third kappa shape index (κ3) is 1.98. The number of oxime groups is 1. The molecule has 2 fully saturated rings. The Morgan fingerprint density at radius 3 is 2.24 bits per heavy atom.